The fourth-order valence-corrected chi connectivity index (χ4v) is 3.54. The maximum absolute atomic E-state index is 12.3. The van der Waals surface area contributed by atoms with Crippen LogP contribution in [0.1, 0.15) is 48.9 Å². The zero-order valence-corrected chi connectivity index (χ0v) is 15.0. The maximum atomic E-state index is 12.3. The number of carboxylic acid groups (broad SMARTS) is 1. The molecule has 1 aromatic rings. The van der Waals surface area contributed by atoms with Crippen molar-refractivity contribution < 1.29 is 24.2 Å². The molecule has 0 heterocycles. The molecule has 0 bridgehead atoms. The Labute approximate surface area is 157 Å². The van der Waals surface area contributed by atoms with Gasteiger partial charge in [0.1, 0.15) is 5.75 Å². The molecular weight excluding hydrogens is 348 g/mol. The second kappa shape index (κ2) is 8.70. The lowest BCUT2D eigenvalue weighted by Crippen LogP contribution is -2.47. The van der Waals surface area contributed by atoms with Gasteiger partial charge in [-0.3, -0.25) is 25.2 Å². The van der Waals surface area contributed by atoms with Gasteiger partial charge < -0.3 is 9.84 Å². The van der Waals surface area contributed by atoms with Crippen molar-refractivity contribution in [3.05, 3.63) is 42.0 Å². The molecule has 1 aromatic carbocycles. The van der Waals surface area contributed by atoms with Gasteiger partial charge in [-0.05, 0) is 62.8 Å². The van der Waals surface area contributed by atoms with Crippen molar-refractivity contribution >= 4 is 17.8 Å². The third-order valence-corrected chi connectivity index (χ3v) is 5.11. The van der Waals surface area contributed by atoms with E-state index < -0.39 is 29.6 Å². The fraction of sp³-hybridized carbons (Fsp3) is 0.450. The number of carbonyl (C=O) groups is 3. The monoisotopic (exact) mass is 372 g/mol. The van der Waals surface area contributed by atoms with Crippen molar-refractivity contribution in [1.82, 2.24) is 10.9 Å². The molecule has 2 aliphatic carbocycles. The molecule has 3 rings (SSSR count). The van der Waals surface area contributed by atoms with Crippen molar-refractivity contribution in [3.63, 3.8) is 0 Å². The summed E-state index contributed by atoms with van der Waals surface area (Å²) in [5.41, 5.74) is 5.08. The molecule has 7 heteroatoms. The summed E-state index contributed by atoms with van der Waals surface area (Å²) in [5.74, 6) is -2.73. The van der Waals surface area contributed by atoms with Crippen molar-refractivity contribution in [2.45, 2.75) is 44.6 Å². The second-order valence-electron chi connectivity index (χ2n) is 6.99. The number of allylic oxidation sites excluding steroid dienone is 2. The molecule has 2 aliphatic rings. The minimum absolute atomic E-state index is 0.246. The summed E-state index contributed by atoms with van der Waals surface area (Å²) in [5, 5.41) is 9.23. The number of nitrogens with one attached hydrogen (secondary N) is 2. The third-order valence-electron chi connectivity index (χ3n) is 5.11. The van der Waals surface area contributed by atoms with Crippen LogP contribution in [0, 0.1) is 11.8 Å². The Morgan fingerprint density at radius 2 is 1.56 bits per heavy atom. The van der Waals surface area contributed by atoms with E-state index >= 15 is 0 Å². The molecule has 144 valence electrons. The van der Waals surface area contributed by atoms with Gasteiger partial charge in [0.05, 0.1) is 17.9 Å². The van der Waals surface area contributed by atoms with Gasteiger partial charge in [-0.25, -0.2) is 0 Å². The highest BCUT2D eigenvalue weighted by atomic mass is 16.5. The zero-order valence-electron chi connectivity index (χ0n) is 15.0. The summed E-state index contributed by atoms with van der Waals surface area (Å²) in [6.45, 7) is 0. The number of rotatable bonds is 5. The summed E-state index contributed by atoms with van der Waals surface area (Å²) in [6, 6.07) is 6.74. The molecule has 0 unspecified atom stereocenters. The van der Waals surface area contributed by atoms with Crippen LogP contribution in [0.25, 0.3) is 0 Å². The molecule has 0 aliphatic heterocycles. The van der Waals surface area contributed by atoms with E-state index in [0.717, 1.165) is 18.6 Å². The van der Waals surface area contributed by atoms with E-state index in [2.05, 4.69) is 10.9 Å². The van der Waals surface area contributed by atoms with Crippen LogP contribution >= 0.6 is 0 Å². The highest BCUT2D eigenvalue weighted by Gasteiger charge is 2.34. The fourth-order valence-electron chi connectivity index (χ4n) is 3.54. The first kappa shape index (κ1) is 18.9. The Balaban J connectivity index is 1.51. The molecule has 27 heavy (non-hydrogen) atoms. The van der Waals surface area contributed by atoms with Crippen LogP contribution in [0.5, 0.6) is 5.75 Å². The summed E-state index contributed by atoms with van der Waals surface area (Å²) < 4.78 is 5.86. The van der Waals surface area contributed by atoms with E-state index in [4.69, 9.17) is 4.74 Å². The Morgan fingerprint density at radius 3 is 2.19 bits per heavy atom. The van der Waals surface area contributed by atoms with Gasteiger partial charge in [-0.15, -0.1) is 0 Å². The second-order valence-corrected chi connectivity index (χ2v) is 6.99. The van der Waals surface area contributed by atoms with Crippen LogP contribution in [0.2, 0.25) is 0 Å². The molecule has 0 radical (unpaired) electrons. The number of carboxylic acids is 1. The van der Waals surface area contributed by atoms with Gasteiger partial charge in [0.2, 0.25) is 5.91 Å². The van der Waals surface area contributed by atoms with Gasteiger partial charge in [0.25, 0.3) is 5.91 Å². The van der Waals surface area contributed by atoms with E-state index in [1.807, 2.05) is 0 Å². The molecule has 2 atom stereocenters. The number of hydrogen-bond donors (Lipinski definition) is 3. The number of aliphatic carboxylic acids is 1. The van der Waals surface area contributed by atoms with Crippen LogP contribution in [0.15, 0.2) is 36.4 Å². The molecule has 3 N–H and O–H groups in total. The standard InChI is InChI=1S/C20H24N2O5/c23-18(13-9-11-15(12-10-13)27-14-5-1-2-6-14)21-22-19(24)16-7-3-4-8-17(16)20(25)26/h3-4,9-12,14,16-17H,1-2,5-8H2,(H,21,23)(H,22,24)(H,25,26)/t16-,17-/m0/s1. The highest BCUT2D eigenvalue weighted by molar-refractivity contribution is 5.96. The number of amides is 2. The highest BCUT2D eigenvalue weighted by Crippen LogP contribution is 2.26. The molecule has 7 nitrogen and oxygen atoms in total. The maximum Gasteiger partial charge on any atom is 0.307 e. The van der Waals surface area contributed by atoms with Crippen LogP contribution in [0.3, 0.4) is 0 Å². The summed E-state index contributed by atoms with van der Waals surface area (Å²) >= 11 is 0. The number of ether oxygens (including phenoxy) is 1. The van der Waals surface area contributed by atoms with E-state index in [-0.39, 0.29) is 6.10 Å². The van der Waals surface area contributed by atoms with Crippen LogP contribution in [-0.4, -0.2) is 29.0 Å². The number of benzene rings is 1. The average molecular weight is 372 g/mol. The van der Waals surface area contributed by atoms with Gasteiger partial charge in [-0.2, -0.15) is 0 Å². The van der Waals surface area contributed by atoms with Crippen molar-refractivity contribution in [1.29, 1.82) is 0 Å². The largest absolute Gasteiger partial charge is 0.490 e. The van der Waals surface area contributed by atoms with Gasteiger partial charge in [0.15, 0.2) is 0 Å². The Kier molecular flexibility index (Phi) is 6.11. The molecule has 1 fully saturated rings. The predicted octanol–water partition coefficient (Wildman–Crippen LogP) is 2.44. The number of hydrogen-bond acceptors (Lipinski definition) is 4. The summed E-state index contributed by atoms with van der Waals surface area (Å²) in [6.07, 6.45) is 8.93. The SMILES string of the molecule is O=C(NNC(=O)[C@H]1CC=CC[C@@H]1C(=O)O)c1ccc(OC2CCCC2)cc1. The molecule has 2 amide bonds. The number of hydrazine groups is 1. The zero-order chi connectivity index (χ0) is 19.2. The first-order valence-electron chi connectivity index (χ1n) is 9.29. The molecular formula is C20H24N2O5. The average Bonchev–Trinajstić information content (AvgIpc) is 3.19. The Morgan fingerprint density at radius 1 is 0.926 bits per heavy atom. The van der Waals surface area contributed by atoms with Crippen molar-refractivity contribution in [2.24, 2.45) is 11.8 Å². The van der Waals surface area contributed by atoms with Crippen LogP contribution in [-0.2, 0) is 9.59 Å². The van der Waals surface area contributed by atoms with E-state index in [1.165, 1.54) is 12.8 Å². The smallest absolute Gasteiger partial charge is 0.307 e. The first-order valence-corrected chi connectivity index (χ1v) is 9.29. The van der Waals surface area contributed by atoms with E-state index in [0.29, 0.717) is 18.4 Å². The lowest BCUT2D eigenvalue weighted by atomic mass is 9.82. The summed E-state index contributed by atoms with van der Waals surface area (Å²) in [4.78, 5) is 35.7. The van der Waals surface area contributed by atoms with Gasteiger partial charge in [-0.1, -0.05) is 12.2 Å². The molecule has 0 saturated heterocycles. The van der Waals surface area contributed by atoms with Crippen molar-refractivity contribution in [2.75, 3.05) is 0 Å². The van der Waals surface area contributed by atoms with Crippen molar-refractivity contribution in [3.8, 4) is 5.75 Å². The molecule has 0 spiro atoms. The molecule has 1 saturated carbocycles. The van der Waals surface area contributed by atoms with E-state index in [9.17, 15) is 19.5 Å². The lowest BCUT2D eigenvalue weighted by molar-refractivity contribution is -0.147. The van der Waals surface area contributed by atoms with Crippen LogP contribution < -0.4 is 15.6 Å². The number of carbonyl (C=O) groups excluding carboxylic acids is 2. The normalized spacial score (nSPS) is 22.2. The van der Waals surface area contributed by atoms with Crippen LogP contribution in [0.4, 0.5) is 0 Å². The third kappa shape index (κ3) is 4.87. The van der Waals surface area contributed by atoms with E-state index in [1.54, 1.807) is 36.4 Å². The Bertz CT molecular complexity index is 722. The summed E-state index contributed by atoms with van der Waals surface area (Å²) in [7, 11) is 0. The Hall–Kier alpha value is -2.83. The topological polar surface area (TPSA) is 105 Å². The minimum atomic E-state index is -1.01. The van der Waals surface area contributed by atoms with Gasteiger partial charge in [0, 0.05) is 5.56 Å². The molecule has 0 aromatic heterocycles. The minimum Gasteiger partial charge on any atom is -0.490 e. The lowest BCUT2D eigenvalue weighted by Gasteiger charge is -2.24. The quantitative estimate of drug-likeness (QED) is 0.544. The predicted molar refractivity (Wildman–Crippen MR) is 97.9 cm³/mol. The first-order chi connectivity index (χ1) is 13.0. The van der Waals surface area contributed by atoms with Gasteiger partial charge >= 0.3 is 5.97 Å².